The van der Waals surface area contributed by atoms with E-state index in [0.29, 0.717) is 6.04 Å². The van der Waals surface area contributed by atoms with Gasteiger partial charge >= 0.3 is 0 Å². The Morgan fingerprint density at radius 2 is 2.33 bits per heavy atom. The minimum absolute atomic E-state index is 0.294. The van der Waals surface area contributed by atoms with Gasteiger partial charge in [0.25, 0.3) is 0 Å². The summed E-state index contributed by atoms with van der Waals surface area (Å²) in [6.45, 7) is 8.74. The zero-order valence-electron chi connectivity index (χ0n) is 9.86. The second-order valence-electron chi connectivity index (χ2n) is 3.65. The molecule has 1 rings (SSSR count). The van der Waals surface area contributed by atoms with Gasteiger partial charge in [-0.25, -0.2) is 4.98 Å². The third-order valence-corrected chi connectivity index (χ3v) is 2.13. The molecular formula is C11H21N3O. The van der Waals surface area contributed by atoms with Crippen molar-refractivity contribution in [3.8, 4) is 0 Å². The molecule has 1 atom stereocenters. The van der Waals surface area contributed by atoms with Crippen molar-refractivity contribution >= 4 is 5.95 Å². The molecule has 0 radical (unpaired) electrons. The van der Waals surface area contributed by atoms with Gasteiger partial charge in [-0.3, -0.25) is 0 Å². The molecule has 0 saturated carbocycles. The van der Waals surface area contributed by atoms with Gasteiger partial charge in [-0.2, -0.15) is 0 Å². The quantitative estimate of drug-likeness (QED) is 0.751. The van der Waals surface area contributed by atoms with Crippen molar-refractivity contribution < 1.29 is 4.74 Å². The van der Waals surface area contributed by atoms with Crippen LogP contribution in [0.25, 0.3) is 0 Å². The fourth-order valence-electron chi connectivity index (χ4n) is 1.43. The van der Waals surface area contributed by atoms with Crippen molar-refractivity contribution in [3.63, 3.8) is 0 Å². The predicted octanol–water partition coefficient (Wildman–Crippen LogP) is 2.13. The van der Waals surface area contributed by atoms with Crippen LogP contribution in [0.15, 0.2) is 12.4 Å². The SMILES string of the molecule is CCCn1ccnc1NC(C)COCC. The second kappa shape index (κ2) is 6.45. The molecule has 0 aromatic carbocycles. The third kappa shape index (κ3) is 3.91. The molecule has 0 saturated heterocycles. The molecule has 0 bridgehead atoms. The van der Waals surface area contributed by atoms with Gasteiger partial charge < -0.3 is 14.6 Å². The molecule has 0 aliphatic heterocycles. The molecule has 1 aromatic heterocycles. The highest BCUT2D eigenvalue weighted by Gasteiger charge is 2.06. The maximum atomic E-state index is 5.34. The van der Waals surface area contributed by atoms with Crippen LogP contribution in [0.5, 0.6) is 0 Å². The maximum Gasteiger partial charge on any atom is 0.203 e. The molecule has 1 aromatic rings. The van der Waals surface area contributed by atoms with Crippen LogP contribution in [-0.4, -0.2) is 28.8 Å². The highest BCUT2D eigenvalue weighted by molar-refractivity contribution is 5.27. The van der Waals surface area contributed by atoms with Gasteiger partial charge in [-0.1, -0.05) is 6.92 Å². The summed E-state index contributed by atoms with van der Waals surface area (Å²) in [5.41, 5.74) is 0. The van der Waals surface area contributed by atoms with Crippen LogP contribution in [0.2, 0.25) is 0 Å². The Balaban J connectivity index is 2.44. The van der Waals surface area contributed by atoms with Gasteiger partial charge in [-0.15, -0.1) is 0 Å². The van der Waals surface area contributed by atoms with E-state index in [2.05, 4.69) is 28.7 Å². The highest BCUT2D eigenvalue weighted by atomic mass is 16.5. The average molecular weight is 211 g/mol. The lowest BCUT2D eigenvalue weighted by Gasteiger charge is -2.15. The third-order valence-electron chi connectivity index (χ3n) is 2.13. The van der Waals surface area contributed by atoms with Crippen molar-refractivity contribution in [2.75, 3.05) is 18.5 Å². The average Bonchev–Trinajstić information content (AvgIpc) is 2.63. The van der Waals surface area contributed by atoms with Gasteiger partial charge in [0, 0.05) is 31.6 Å². The van der Waals surface area contributed by atoms with Gasteiger partial charge in [-0.05, 0) is 20.3 Å². The minimum atomic E-state index is 0.294. The topological polar surface area (TPSA) is 39.1 Å². The lowest BCUT2D eigenvalue weighted by molar-refractivity contribution is 0.141. The number of nitrogens with one attached hydrogen (secondary N) is 1. The van der Waals surface area contributed by atoms with E-state index in [-0.39, 0.29) is 0 Å². The van der Waals surface area contributed by atoms with Crippen molar-refractivity contribution in [3.05, 3.63) is 12.4 Å². The number of hydrogen-bond donors (Lipinski definition) is 1. The molecule has 1 unspecified atom stereocenters. The van der Waals surface area contributed by atoms with E-state index in [1.807, 2.05) is 19.3 Å². The second-order valence-corrected chi connectivity index (χ2v) is 3.65. The van der Waals surface area contributed by atoms with E-state index in [4.69, 9.17) is 4.74 Å². The van der Waals surface area contributed by atoms with E-state index < -0.39 is 0 Å². The van der Waals surface area contributed by atoms with Crippen molar-refractivity contribution in [1.82, 2.24) is 9.55 Å². The van der Waals surface area contributed by atoms with Gasteiger partial charge in [0.1, 0.15) is 0 Å². The summed E-state index contributed by atoms with van der Waals surface area (Å²) in [7, 11) is 0. The van der Waals surface area contributed by atoms with Crippen molar-refractivity contribution in [2.24, 2.45) is 0 Å². The molecule has 0 spiro atoms. The van der Waals surface area contributed by atoms with Gasteiger partial charge in [0.15, 0.2) is 0 Å². The van der Waals surface area contributed by atoms with Crippen LogP contribution >= 0.6 is 0 Å². The fourth-order valence-corrected chi connectivity index (χ4v) is 1.43. The molecule has 4 nitrogen and oxygen atoms in total. The Morgan fingerprint density at radius 1 is 1.53 bits per heavy atom. The van der Waals surface area contributed by atoms with E-state index in [1.54, 1.807) is 0 Å². The Labute approximate surface area is 91.7 Å². The van der Waals surface area contributed by atoms with Crippen LogP contribution in [0.1, 0.15) is 27.2 Å². The summed E-state index contributed by atoms with van der Waals surface area (Å²) in [4.78, 5) is 4.28. The van der Waals surface area contributed by atoms with Crippen LogP contribution in [0, 0.1) is 0 Å². The van der Waals surface area contributed by atoms with Gasteiger partial charge in [0.05, 0.1) is 6.61 Å². The number of anilines is 1. The smallest absolute Gasteiger partial charge is 0.203 e. The summed E-state index contributed by atoms with van der Waals surface area (Å²) in [6, 6.07) is 0.294. The molecule has 1 N–H and O–H groups in total. The van der Waals surface area contributed by atoms with Crippen LogP contribution in [-0.2, 0) is 11.3 Å². The fraction of sp³-hybridized carbons (Fsp3) is 0.727. The summed E-state index contributed by atoms with van der Waals surface area (Å²) in [6.07, 6.45) is 4.94. The molecule has 0 aliphatic rings. The minimum Gasteiger partial charge on any atom is -0.380 e. The first-order valence-corrected chi connectivity index (χ1v) is 5.63. The maximum absolute atomic E-state index is 5.34. The molecule has 4 heteroatoms. The number of rotatable bonds is 7. The Hall–Kier alpha value is -1.03. The molecule has 15 heavy (non-hydrogen) atoms. The Kier molecular flexibility index (Phi) is 5.18. The zero-order chi connectivity index (χ0) is 11.1. The Morgan fingerprint density at radius 3 is 3.00 bits per heavy atom. The number of hydrogen-bond acceptors (Lipinski definition) is 3. The normalized spacial score (nSPS) is 12.7. The largest absolute Gasteiger partial charge is 0.380 e. The van der Waals surface area contributed by atoms with Crippen LogP contribution < -0.4 is 5.32 Å². The van der Waals surface area contributed by atoms with E-state index in [1.165, 1.54) is 0 Å². The Bertz CT molecular complexity index is 273. The number of aromatic nitrogens is 2. The number of nitrogens with zero attached hydrogens (tertiary/aromatic N) is 2. The van der Waals surface area contributed by atoms with Gasteiger partial charge in [0.2, 0.25) is 5.95 Å². The van der Waals surface area contributed by atoms with E-state index in [9.17, 15) is 0 Å². The summed E-state index contributed by atoms with van der Waals surface area (Å²) >= 11 is 0. The summed E-state index contributed by atoms with van der Waals surface area (Å²) in [5, 5.41) is 3.34. The standard InChI is InChI=1S/C11H21N3O/c1-4-7-14-8-6-12-11(14)13-10(3)9-15-5-2/h6,8,10H,4-5,7,9H2,1-3H3,(H,12,13). The van der Waals surface area contributed by atoms with Crippen LogP contribution in [0.4, 0.5) is 5.95 Å². The zero-order valence-corrected chi connectivity index (χ0v) is 9.86. The lowest BCUT2D eigenvalue weighted by Crippen LogP contribution is -2.23. The van der Waals surface area contributed by atoms with Crippen molar-refractivity contribution in [2.45, 2.75) is 39.8 Å². The molecule has 0 aliphatic carbocycles. The van der Waals surface area contributed by atoms with Crippen LogP contribution in [0.3, 0.4) is 0 Å². The molecule has 0 fully saturated rings. The number of ether oxygens (including phenoxy) is 1. The molecule has 1 heterocycles. The first-order chi connectivity index (χ1) is 7.27. The van der Waals surface area contributed by atoms with E-state index in [0.717, 1.165) is 32.1 Å². The highest BCUT2D eigenvalue weighted by Crippen LogP contribution is 2.07. The first kappa shape index (κ1) is 12.0. The lowest BCUT2D eigenvalue weighted by atomic mass is 10.4. The monoisotopic (exact) mass is 211 g/mol. The van der Waals surface area contributed by atoms with Crippen molar-refractivity contribution in [1.29, 1.82) is 0 Å². The first-order valence-electron chi connectivity index (χ1n) is 5.63. The van der Waals surface area contributed by atoms with E-state index >= 15 is 0 Å². The molecule has 86 valence electrons. The molecule has 0 amide bonds. The number of aryl methyl sites for hydroxylation is 1. The number of imidazole rings is 1. The molecular weight excluding hydrogens is 190 g/mol. The summed E-state index contributed by atoms with van der Waals surface area (Å²) < 4.78 is 7.47. The predicted molar refractivity (Wildman–Crippen MR) is 62.1 cm³/mol. The summed E-state index contributed by atoms with van der Waals surface area (Å²) in [5.74, 6) is 0.934.